The molecule has 3 rings (SSSR count). The Balaban J connectivity index is 1.46. The van der Waals surface area contributed by atoms with Crippen LogP contribution in [0.5, 0.6) is 0 Å². The number of anilines is 2. The van der Waals surface area contributed by atoms with Crippen molar-refractivity contribution in [3.8, 4) is 0 Å². The molecule has 2 heterocycles. The largest absolute Gasteiger partial charge is 0.399 e. The minimum atomic E-state index is 0.881. The van der Waals surface area contributed by atoms with Gasteiger partial charge in [-0.25, -0.2) is 0 Å². The zero-order chi connectivity index (χ0) is 15.5. The lowest BCUT2D eigenvalue weighted by molar-refractivity contribution is 0.212. The summed E-state index contributed by atoms with van der Waals surface area (Å²) in [5.74, 6) is 0. The van der Waals surface area contributed by atoms with E-state index in [0.717, 1.165) is 51.6 Å². The van der Waals surface area contributed by atoms with Gasteiger partial charge in [-0.1, -0.05) is 0 Å². The van der Waals surface area contributed by atoms with Crippen molar-refractivity contribution < 1.29 is 0 Å². The fourth-order valence-electron chi connectivity index (χ4n) is 3.09. The molecule has 120 valence electrons. The average Bonchev–Trinajstić information content (AvgIpc) is 2.94. The molecule has 2 aliphatic heterocycles. The van der Waals surface area contributed by atoms with E-state index >= 15 is 0 Å². The number of nitrogens with zero attached hydrogens (tertiary/aromatic N) is 4. The van der Waals surface area contributed by atoms with Crippen LogP contribution in [0, 0.1) is 6.92 Å². The van der Waals surface area contributed by atoms with E-state index < -0.39 is 0 Å². The predicted molar refractivity (Wildman–Crippen MR) is 92.7 cm³/mol. The predicted octanol–water partition coefficient (Wildman–Crippen LogP) is 1.38. The summed E-state index contributed by atoms with van der Waals surface area (Å²) in [6.07, 6.45) is 4.33. The summed E-state index contributed by atoms with van der Waals surface area (Å²) in [5.41, 5.74) is 9.26. The topological polar surface area (TPSA) is 39.0 Å². The number of benzene rings is 1. The molecule has 5 heteroatoms. The highest BCUT2D eigenvalue weighted by Crippen LogP contribution is 2.21. The second-order valence-electron chi connectivity index (χ2n) is 6.38. The van der Waals surface area contributed by atoms with Gasteiger partial charge in [0.15, 0.2) is 0 Å². The van der Waals surface area contributed by atoms with Gasteiger partial charge in [-0.05, 0) is 30.7 Å². The summed E-state index contributed by atoms with van der Waals surface area (Å²) < 4.78 is 0. The molecule has 1 saturated heterocycles. The zero-order valence-corrected chi connectivity index (χ0v) is 13.7. The third kappa shape index (κ3) is 3.47. The molecule has 0 spiro atoms. The lowest BCUT2D eigenvalue weighted by Gasteiger charge is -2.37. The first kappa shape index (κ1) is 15.0. The molecule has 0 bridgehead atoms. The quantitative estimate of drug-likeness (QED) is 0.851. The van der Waals surface area contributed by atoms with Gasteiger partial charge in [-0.15, -0.1) is 0 Å². The number of aryl methyl sites for hydroxylation is 1. The highest BCUT2D eigenvalue weighted by Gasteiger charge is 2.18. The van der Waals surface area contributed by atoms with E-state index in [1.165, 1.54) is 11.3 Å². The summed E-state index contributed by atoms with van der Waals surface area (Å²) in [7, 11) is 2.11. The Hall–Kier alpha value is -1.88. The summed E-state index contributed by atoms with van der Waals surface area (Å²) in [6.45, 7) is 9.82. The van der Waals surface area contributed by atoms with Crippen LogP contribution in [-0.2, 0) is 0 Å². The molecule has 2 aliphatic rings. The van der Waals surface area contributed by atoms with Crippen LogP contribution in [-0.4, -0.2) is 67.7 Å². The van der Waals surface area contributed by atoms with E-state index in [0.29, 0.717) is 0 Å². The molecule has 0 aliphatic carbocycles. The fourth-order valence-corrected chi connectivity index (χ4v) is 3.09. The van der Waals surface area contributed by atoms with Gasteiger partial charge in [0.05, 0.1) is 6.67 Å². The maximum absolute atomic E-state index is 5.91. The minimum absolute atomic E-state index is 0.881. The molecular weight excluding hydrogens is 274 g/mol. The van der Waals surface area contributed by atoms with Crippen LogP contribution in [0.4, 0.5) is 11.4 Å². The van der Waals surface area contributed by atoms with Gasteiger partial charge in [-0.3, -0.25) is 4.90 Å². The Labute approximate surface area is 133 Å². The maximum Gasteiger partial charge on any atom is 0.0891 e. The summed E-state index contributed by atoms with van der Waals surface area (Å²) in [6, 6.07) is 6.37. The number of piperazine rings is 1. The van der Waals surface area contributed by atoms with Gasteiger partial charge in [0, 0.05) is 70.1 Å². The van der Waals surface area contributed by atoms with Crippen molar-refractivity contribution in [3.05, 3.63) is 36.2 Å². The van der Waals surface area contributed by atoms with E-state index in [9.17, 15) is 0 Å². The third-order valence-corrected chi connectivity index (χ3v) is 4.63. The fraction of sp³-hybridized carbons (Fsp3) is 0.529. The van der Waals surface area contributed by atoms with Crippen molar-refractivity contribution in [2.45, 2.75) is 6.92 Å². The molecule has 0 atom stereocenters. The van der Waals surface area contributed by atoms with E-state index in [-0.39, 0.29) is 0 Å². The first-order valence-corrected chi connectivity index (χ1v) is 8.08. The van der Waals surface area contributed by atoms with Gasteiger partial charge in [0.25, 0.3) is 0 Å². The number of nitrogen functional groups attached to an aromatic ring is 1. The Morgan fingerprint density at radius 3 is 2.45 bits per heavy atom. The van der Waals surface area contributed by atoms with Crippen LogP contribution in [0.15, 0.2) is 30.6 Å². The van der Waals surface area contributed by atoms with Crippen LogP contribution < -0.4 is 10.6 Å². The van der Waals surface area contributed by atoms with Crippen molar-refractivity contribution >= 4 is 11.4 Å². The standard InChI is InChI=1S/C17H27N5/c1-15-13-16(3-4-17(15)18)22-11-9-20(10-12-22)7-8-21-6-5-19(2)14-21/h3-6,13H,7-12,14,18H2,1-2H3. The molecular formula is C17H27N5. The van der Waals surface area contributed by atoms with E-state index in [1.807, 2.05) is 6.07 Å². The van der Waals surface area contributed by atoms with Crippen molar-refractivity contribution in [2.24, 2.45) is 0 Å². The lowest BCUT2D eigenvalue weighted by Crippen LogP contribution is -2.48. The molecule has 0 saturated carbocycles. The number of rotatable bonds is 4. The summed E-state index contributed by atoms with van der Waals surface area (Å²) >= 11 is 0. The maximum atomic E-state index is 5.91. The van der Waals surface area contributed by atoms with Crippen molar-refractivity contribution in [1.82, 2.24) is 14.7 Å². The van der Waals surface area contributed by atoms with E-state index in [4.69, 9.17) is 5.73 Å². The van der Waals surface area contributed by atoms with Crippen LogP contribution in [0.1, 0.15) is 5.56 Å². The molecule has 0 aromatic heterocycles. The highest BCUT2D eigenvalue weighted by atomic mass is 15.3. The molecule has 1 aromatic carbocycles. The lowest BCUT2D eigenvalue weighted by atomic mass is 10.1. The van der Waals surface area contributed by atoms with Crippen LogP contribution in [0.25, 0.3) is 0 Å². The average molecular weight is 301 g/mol. The Kier molecular flexibility index (Phi) is 4.43. The minimum Gasteiger partial charge on any atom is -0.399 e. The molecule has 1 fully saturated rings. The van der Waals surface area contributed by atoms with E-state index in [1.54, 1.807) is 0 Å². The van der Waals surface area contributed by atoms with Crippen LogP contribution >= 0.6 is 0 Å². The molecule has 0 amide bonds. The Morgan fingerprint density at radius 1 is 1.05 bits per heavy atom. The van der Waals surface area contributed by atoms with Gasteiger partial charge in [0.1, 0.15) is 0 Å². The second-order valence-corrected chi connectivity index (χ2v) is 6.38. The summed E-state index contributed by atoms with van der Waals surface area (Å²) in [5, 5.41) is 0. The van der Waals surface area contributed by atoms with Gasteiger partial charge in [-0.2, -0.15) is 0 Å². The van der Waals surface area contributed by atoms with Crippen molar-refractivity contribution in [3.63, 3.8) is 0 Å². The van der Waals surface area contributed by atoms with Crippen LogP contribution in [0.3, 0.4) is 0 Å². The smallest absolute Gasteiger partial charge is 0.0891 e. The molecule has 2 N–H and O–H groups in total. The number of nitrogens with two attached hydrogens (primary N) is 1. The SMILES string of the molecule is Cc1cc(N2CCN(CCN3C=CN(C)C3)CC2)ccc1N. The van der Waals surface area contributed by atoms with Crippen molar-refractivity contribution in [2.75, 3.05) is 63.6 Å². The Bertz CT molecular complexity index is 534. The molecule has 0 unspecified atom stereocenters. The second kappa shape index (κ2) is 6.48. The first-order valence-electron chi connectivity index (χ1n) is 8.08. The van der Waals surface area contributed by atoms with E-state index in [2.05, 4.69) is 58.1 Å². The molecule has 22 heavy (non-hydrogen) atoms. The van der Waals surface area contributed by atoms with Gasteiger partial charge >= 0.3 is 0 Å². The highest BCUT2D eigenvalue weighted by molar-refractivity contribution is 5.58. The number of hydrogen-bond donors (Lipinski definition) is 1. The van der Waals surface area contributed by atoms with Gasteiger partial charge in [0.2, 0.25) is 0 Å². The van der Waals surface area contributed by atoms with Gasteiger partial charge < -0.3 is 20.4 Å². The number of hydrogen-bond acceptors (Lipinski definition) is 5. The Morgan fingerprint density at radius 2 is 1.82 bits per heavy atom. The molecule has 1 aromatic rings. The zero-order valence-electron chi connectivity index (χ0n) is 13.7. The molecule has 5 nitrogen and oxygen atoms in total. The first-order chi connectivity index (χ1) is 10.6. The van der Waals surface area contributed by atoms with Crippen LogP contribution in [0.2, 0.25) is 0 Å². The normalized spacial score (nSPS) is 19.3. The summed E-state index contributed by atoms with van der Waals surface area (Å²) in [4.78, 5) is 9.61. The molecule has 0 radical (unpaired) electrons. The third-order valence-electron chi connectivity index (χ3n) is 4.63. The van der Waals surface area contributed by atoms with Crippen molar-refractivity contribution in [1.29, 1.82) is 0 Å². The monoisotopic (exact) mass is 301 g/mol.